The second-order valence-electron chi connectivity index (χ2n) is 6.30. The Morgan fingerprint density at radius 1 is 1.00 bits per heavy atom. The van der Waals surface area contributed by atoms with E-state index in [1.807, 2.05) is 11.4 Å². The molecule has 0 radical (unpaired) electrons. The number of carbonyl (C=O) groups excluding carboxylic acids is 3. The molecular weight excluding hydrogens is 396 g/mol. The van der Waals surface area contributed by atoms with Gasteiger partial charge in [0, 0.05) is 26.2 Å². The number of hydrogen-bond donors (Lipinski definition) is 0. The standard InChI is InChI=1S/C20H22N2O6S/c1-26-16-12-14(20(25)27-2)5-6-15(16)28-13-18(23)21-7-9-22(10-8-21)19(24)17-4-3-11-29-17/h3-6,11-12H,7-10,13H2,1-2H3. The number of benzene rings is 1. The summed E-state index contributed by atoms with van der Waals surface area (Å²) < 4.78 is 15.5. The fraction of sp³-hybridized carbons (Fsp3) is 0.350. The van der Waals surface area contributed by atoms with Crippen LogP contribution in [0.25, 0.3) is 0 Å². The van der Waals surface area contributed by atoms with Crippen LogP contribution in [-0.2, 0) is 9.53 Å². The summed E-state index contributed by atoms with van der Waals surface area (Å²) in [4.78, 5) is 40.6. The molecule has 1 aromatic carbocycles. The minimum absolute atomic E-state index is 0.00113. The molecule has 0 atom stereocenters. The van der Waals surface area contributed by atoms with Crippen LogP contribution in [0.3, 0.4) is 0 Å². The highest BCUT2D eigenvalue weighted by Gasteiger charge is 2.25. The van der Waals surface area contributed by atoms with Gasteiger partial charge in [0.25, 0.3) is 11.8 Å². The summed E-state index contributed by atoms with van der Waals surface area (Å²) in [5, 5.41) is 1.87. The molecule has 0 spiro atoms. The normalized spacial score (nSPS) is 13.7. The zero-order valence-corrected chi connectivity index (χ0v) is 17.1. The molecule has 3 rings (SSSR count). The van der Waals surface area contributed by atoms with Gasteiger partial charge in [-0.05, 0) is 29.6 Å². The summed E-state index contributed by atoms with van der Waals surface area (Å²) >= 11 is 1.41. The molecule has 0 N–H and O–H groups in total. The predicted molar refractivity (Wildman–Crippen MR) is 107 cm³/mol. The monoisotopic (exact) mass is 418 g/mol. The van der Waals surface area contributed by atoms with E-state index >= 15 is 0 Å². The van der Waals surface area contributed by atoms with Crippen LogP contribution < -0.4 is 9.47 Å². The molecule has 29 heavy (non-hydrogen) atoms. The molecule has 2 heterocycles. The van der Waals surface area contributed by atoms with Crippen LogP contribution in [-0.4, -0.2) is 74.6 Å². The highest BCUT2D eigenvalue weighted by atomic mass is 32.1. The van der Waals surface area contributed by atoms with E-state index in [0.717, 1.165) is 0 Å². The van der Waals surface area contributed by atoms with Crippen LogP contribution in [0.1, 0.15) is 20.0 Å². The van der Waals surface area contributed by atoms with Crippen LogP contribution in [0.5, 0.6) is 11.5 Å². The van der Waals surface area contributed by atoms with Gasteiger partial charge in [0.2, 0.25) is 0 Å². The number of carbonyl (C=O) groups is 3. The van der Waals surface area contributed by atoms with Crippen molar-refractivity contribution >= 4 is 29.1 Å². The van der Waals surface area contributed by atoms with Crippen molar-refractivity contribution in [3.63, 3.8) is 0 Å². The molecule has 1 saturated heterocycles. The Labute approximate surface area is 172 Å². The summed E-state index contributed by atoms with van der Waals surface area (Å²) in [7, 11) is 2.75. The topological polar surface area (TPSA) is 85.4 Å². The maximum Gasteiger partial charge on any atom is 0.337 e. The predicted octanol–water partition coefficient (Wildman–Crippen LogP) is 1.91. The number of amides is 2. The highest BCUT2D eigenvalue weighted by Crippen LogP contribution is 2.28. The lowest BCUT2D eigenvalue weighted by Crippen LogP contribution is -2.51. The minimum Gasteiger partial charge on any atom is -0.493 e. The lowest BCUT2D eigenvalue weighted by molar-refractivity contribution is -0.134. The number of esters is 1. The van der Waals surface area contributed by atoms with Crippen molar-refractivity contribution < 1.29 is 28.6 Å². The van der Waals surface area contributed by atoms with Gasteiger partial charge in [-0.3, -0.25) is 9.59 Å². The number of ether oxygens (including phenoxy) is 3. The number of thiophene rings is 1. The molecule has 0 unspecified atom stereocenters. The molecule has 8 nitrogen and oxygen atoms in total. The molecule has 2 amide bonds. The molecule has 1 fully saturated rings. The first-order valence-electron chi connectivity index (χ1n) is 9.03. The first-order valence-corrected chi connectivity index (χ1v) is 9.91. The van der Waals surface area contributed by atoms with Crippen LogP contribution in [0, 0.1) is 0 Å². The Kier molecular flexibility index (Phi) is 6.71. The molecule has 0 saturated carbocycles. The van der Waals surface area contributed by atoms with Gasteiger partial charge in [-0.15, -0.1) is 11.3 Å². The lowest BCUT2D eigenvalue weighted by Gasteiger charge is -2.34. The van der Waals surface area contributed by atoms with Gasteiger partial charge in [-0.1, -0.05) is 6.07 Å². The lowest BCUT2D eigenvalue weighted by atomic mass is 10.2. The van der Waals surface area contributed by atoms with E-state index in [1.54, 1.807) is 28.0 Å². The number of nitrogens with zero attached hydrogens (tertiary/aromatic N) is 2. The molecule has 1 aromatic heterocycles. The largest absolute Gasteiger partial charge is 0.493 e. The van der Waals surface area contributed by atoms with Gasteiger partial charge in [-0.2, -0.15) is 0 Å². The van der Waals surface area contributed by atoms with Gasteiger partial charge in [0.05, 0.1) is 24.7 Å². The summed E-state index contributed by atoms with van der Waals surface area (Å²) in [6.45, 7) is 1.72. The summed E-state index contributed by atoms with van der Waals surface area (Å²) in [5.41, 5.74) is 0.328. The van der Waals surface area contributed by atoms with E-state index in [1.165, 1.54) is 31.6 Å². The summed E-state index contributed by atoms with van der Waals surface area (Å²) in [6.07, 6.45) is 0. The van der Waals surface area contributed by atoms with Crippen molar-refractivity contribution in [1.29, 1.82) is 0 Å². The molecule has 2 aromatic rings. The Bertz CT molecular complexity index is 875. The maximum atomic E-state index is 12.5. The zero-order chi connectivity index (χ0) is 20.8. The quantitative estimate of drug-likeness (QED) is 0.667. The van der Waals surface area contributed by atoms with Crippen LogP contribution in [0.15, 0.2) is 35.7 Å². The molecule has 0 bridgehead atoms. The van der Waals surface area contributed by atoms with Crippen molar-refractivity contribution in [2.45, 2.75) is 0 Å². The Balaban J connectivity index is 1.53. The van der Waals surface area contributed by atoms with Crippen molar-refractivity contribution in [3.05, 3.63) is 46.2 Å². The highest BCUT2D eigenvalue weighted by molar-refractivity contribution is 7.12. The Morgan fingerprint density at radius 3 is 2.34 bits per heavy atom. The van der Waals surface area contributed by atoms with Crippen LogP contribution in [0.2, 0.25) is 0 Å². The molecule has 154 valence electrons. The maximum absolute atomic E-state index is 12.5. The average molecular weight is 418 g/mol. The zero-order valence-electron chi connectivity index (χ0n) is 16.3. The third-order valence-corrected chi connectivity index (χ3v) is 5.45. The fourth-order valence-corrected chi connectivity index (χ4v) is 3.67. The van der Waals surface area contributed by atoms with Gasteiger partial charge in [0.1, 0.15) is 0 Å². The number of methoxy groups -OCH3 is 2. The van der Waals surface area contributed by atoms with Crippen molar-refractivity contribution in [1.82, 2.24) is 9.80 Å². The van der Waals surface area contributed by atoms with Gasteiger partial charge < -0.3 is 24.0 Å². The van der Waals surface area contributed by atoms with Crippen LogP contribution in [0.4, 0.5) is 0 Å². The second kappa shape index (κ2) is 9.42. The van der Waals surface area contributed by atoms with Crippen molar-refractivity contribution in [3.8, 4) is 11.5 Å². The van der Waals surface area contributed by atoms with Gasteiger partial charge in [-0.25, -0.2) is 4.79 Å². The van der Waals surface area contributed by atoms with Gasteiger partial charge in [0.15, 0.2) is 18.1 Å². The first-order chi connectivity index (χ1) is 14.0. The molecule has 9 heteroatoms. The van der Waals surface area contributed by atoms with E-state index in [0.29, 0.717) is 48.1 Å². The average Bonchev–Trinajstić information content (AvgIpc) is 3.31. The van der Waals surface area contributed by atoms with E-state index in [-0.39, 0.29) is 18.4 Å². The van der Waals surface area contributed by atoms with E-state index in [2.05, 4.69) is 4.74 Å². The van der Waals surface area contributed by atoms with Crippen molar-refractivity contribution in [2.24, 2.45) is 0 Å². The SMILES string of the molecule is COC(=O)c1ccc(OCC(=O)N2CCN(C(=O)c3cccs3)CC2)c(OC)c1. The molecule has 1 aliphatic heterocycles. The number of rotatable bonds is 6. The second-order valence-corrected chi connectivity index (χ2v) is 7.24. The van der Waals surface area contributed by atoms with E-state index in [4.69, 9.17) is 9.47 Å². The first kappa shape index (κ1) is 20.7. The summed E-state index contributed by atoms with van der Waals surface area (Å²) in [6, 6.07) is 8.26. The van der Waals surface area contributed by atoms with E-state index < -0.39 is 5.97 Å². The third-order valence-electron chi connectivity index (χ3n) is 4.59. The number of hydrogen-bond acceptors (Lipinski definition) is 7. The fourth-order valence-electron chi connectivity index (χ4n) is 2.98. The molecular formula is C20H22N2O6S. The minimum atomic E-state index is -0.485. The number of piperazine rings is 1. The Morgan fingerprint density at radius 2 is 1.72 bits per heavy atom. The molecule has 1 aliphatic rings. The smallest absolute Gasteiger partial charge is 0.337 e. The van der Waals surface area contributed by atoms with Crippen LogP contribution >= 0.6 is 11.3 Å². The molecule has 0 aliphatic carbocycles. The van der Waals surface area contributed by atoms with Gasteiger partial charge >= 0.3 is 5.97 Å². The summed E-state index contributed by atoms with van der Waals surface area (Å²) in [5.74, 6) is 0.0408. The van der Waals surface area contributed by atoms with E-state index in [9.17, 15) is 14.4 Å². The third kappa shape index (κ3) is 4.86. The van der Waals surface area contributed by atoms with Crippen molar-refractivity contribution in [2.75, 3.05) is 47.0 Å². The Hall–Kier alpha value is -3.07.